The number of anilines is 1. The number of aliphatic hydroxyl groups excluding tert-OH is 4. The number of aryl methyl sites for hydroxylation is 1. The summed E-state index contributed by atoms with van der Waals surface area (Å²) in [7, 11) is 0. The van der Waals surface area contributed by atoms with Crippen LogP contribution in [0, 0.1) is 24.6 Å². The third kappa shape index (κ3) is 6.75. The molecule has 2 aromatic carbocycles. The summed E-state index contributed by atoms with van der Waals surface area (Å²) >= 11 is 0. The molecule has 322 valence electrons. The number of carboxylic acids is 1. The number of halogens is 1. The second kappa shape index (κ2) is 15.5. The Morgan fingerprint density at radius 3 is 2.54 bits per heavy atom. The molecule has 0 bridgehead atoms. The van der Waals surface area contributed by atoms with Crippen LogP contribution in [0.1, 0.15) is 64.8 Å². The Morgan fingerprint density at radius 2 is 1.85 bits per heavy atom. The van der Waals surface area contributed by atoms with Crippen LogP contribution in [0.15, 0.2) is 35.1 Å². The summed E-state index contributed by atoms with van der Waals surface area (Å²) in [4.78, 5) is 68.6. The number of cyclic esters (lactones) is 1. The highest BCUT2D eigenvalue weighted by atomic mass is 19.1. The van der Waals surface area contributed by atoms with Gasteiger partial charge in [-0.25, -0.2) is 19.0 Å². The maximum Gasteiger partial charge on any atom is 0.407 e. The van der Waals surface area contributed by atoms with Gasteiger partial charge in [-0.3, -0.25) is 14.4 Å². The van der Waals surface area contributed by atoms with Gasteiger partial charge in [-0.05, 0) is 66.6 Å². The van der Waals surface area contributed by atoms with Crippen LogP contribution >= 0.6 is 0 Å². The Labute approximate surface area is 344 Å². The monoisotopic (exact) mass is 847 g/mol. The molecule has 0 spiro atoms. The number of pyridine rings is 2. The molecule has 1 fully saturated rings. The quantitative estimate of drug-likeness (QED) is 0.0644. The Bertz CT molecular complexity index is 2590. The van der Waals surface area contributed by atoms with Gasteiger partial charge in [-0.1, -0.05) is 13.0 Å². The van der Waals surface area contributed by atoms with Crippen LogP contribution in [0.5, 0.6) is 5.75 Å². The molecule has 4 unspecified atom stereocenters. The average molecular weight is 848 g/mol. The highest BCUT2D eigenvalue weighted by molar-refractivity contribution is 5.94. The van der Waals surface area contributed by atoms with E-state index in [1.54, 1.807) is 19.9 Å². The average Bonchev–Trinajstić information content (AvgIpc) is 3.60. The first kappa shape index (κ1) is 41.7. The number of nitrogens with one attached hydrogen (secondary N) is 2. The zero-order valence-corrected chi connectivity index (χ0v) is 32.7. The van der Waals surface area contributed by atoms with Crippen LogP contribution in [0.2, 0.25) is 0 Å². The summed E-state index contributed by atoms with van der Waals surface area (Å²) in [5.41, 5.74) is 6.65. The second-order valence-electron chi connectivity index (χ2n) is 15.6. The van der Waals surface area contributed by atoms with Gasteiger partial charge >= 0.3 is 18.0 Å². The summed E-state index contributed by atoms with van der Waals surface area (Å²) in [6, 6.07) is 6.19. The number of benzene rings is 2. The predicted molar refractivity (Wildman–Crippen MR) is 207 cm³/mol. The molecule has 4 aliphatic rings. The number of ether oxygens (including phenoxy) is 3. The zero-order chi connectivity index (χ0) is 43.8. The molecule has 61 heavy (non-hydrogen) atoms. The van der Waals surface area contributed by atoms with E-state index < -0.39 is 89.9 Å². The SMILES string of the molecule is CC[C@@]1(O)C(=O)OCc2c1cc1n(c2=O)Cc2c-1nc1cc(F)c(C)c3c1c2[C@@H](NC(=O)OCc1ccc(O[C@H](O)C(O)C2C(O)C(C(=O)O)[C@H]2O)c(NC(=O)CN)c1)CC3. The number of amides is 2. The van der Waals surface area contributed by atoms with Gasteiger partial charge in [-0.15, -0.1) is 0 Å². The topological polar surface area (TPSA) is 302 Å². The van der Waals surface area contributed by atoms with Gasteiger partial charge in [-0.2, -0.15) is 0 Å². The molecule has 19 nitrogen and oxygen atoms in total. The van der Waals surface area contributed by atoms with Gasteiger partial charge in [0.15, 0.2) is 5.60 Å². The van der Waals surface area contributed by atoms with Gasteiger partial charge in [0.25, 0.3) is 5.56 Å². The van der Waals surface area contributed by atoms with Crippen molar-refractivity contribution in [2.75, 3.05) is 11.9 Å². The first-order valence-electron chi connectivity index (χ1n) is 19.5. The Morgan fingerprint density at radius 1 is 1.11 bits per heavy atom. The minimum absolute atomic E-state index is 0.0265. The fourth-order valence-electron chi connectivity index (χ4n) is 8.92. The van der Waals surface area contributed by atoms with Crippen LogP contribution in [-0.2, 0) is 55.6 Å². The smallest absolute Gasteiger partial charge is 0.407 e. The van der Waals surface area contributed by atoms with Crippen LogP contribution in [0.4, 0.5) is 14.9 Å². The zero-order valence-electron chi connectivity index (χ0n) is 32.7. The summed E-state index contributed by atoms with van der Waals surface area (Å²) in [5, 5.41) is 68.0. The number of esters is 1. The maximum absolute atomic E-state index is 15.3. The molecule has 4 heterocycles. The largest absolute Gasteiger partial charge is 0.481 e. The minimum Gasteiger partial charge on any atom is -0.481 e. The molecule has 1 saturated carbocycles. The molecule has 0 radical (unpaired) electrons. The highest BCUT2D eigenvalue weighted by Crippen LogP contribution is 2.46. The van der Waals surface area contributed by atoms with E-state index in [2.05, 4.69) is 10.6 Å². The third-order valence-corrected chi connectivity index (χ3v) is 12.3. The van der Waals surface area contributed by atoms with Crippen molar-refractivity contribution in [1.29, 1.82) is 0 Å². The standard InChI is InChI=1S/C41H42FN5O14/c1-3-41(58)20-9-25-32-18(12-47(25)36(52)19(20)14-59-39(41)56)29-22(6-5-17-15(2)21(42)10-24(45-32)28(17)29)46-40(57)60-13-16-4-7-26(23(8-16)44-27(48)11-43)61-38(55)35(51)30-33(49)31(34(30)50)37(53)54/h4,7-10,22,30-31,33-35,38,49-51,55,58H,3,5-6,11-14,43H2,1-2H3,(H,44,48)(H,46,57)(H,53,54)/t22-,30?,31?,33-,34?,35?,38-,41-/m0/s1. The molecule has 2 aliphatic carbocycles. The van der Waals surface area contributed by atoms with Crippen LogP contribution < -0.4 is 26.7 Å². The summed E-state index contributed by atoms with van der Waals surface area (Å²) in [6.45, 7) is 2.13. The van der Waals surface area contributed by atoms with Crippen LogP contribution in [-0.4, -0.2) is 95.3 Å². The number of carbonyl (C=O) groups is 4. The number of aliphatic hydroxyl groups is 5. The summed E-state index contributed by atoms with van der Waals surface area (Å²) < 4.78 is 33.0. The van der Waals surface area contributed by atoms with Gasteiger partial charge in [0.05, 0.1) is 59.5 Å². The van der Waals surface area contributed by atoms with E-state index in [1.807, 2.05) is 0 Å². The van der Waals surface area contributed by atoms with Crippen molar-refractivity contribution in [3.05, 3.63) is 85.4 Å². The van der Waals surface area contributed by atoms with Crippen molar-refractivity contribution in [2.24, 2.45) is 17.6 Å². The number of nitrogens with zero attached hydrogens (tertiary/aromatic N) is 2. The molecule has 0 saturated heterocycles. The van der Waals surface area contributed by atoms with Crippen LogP contribution in [0.25, 0.3) is 22.3 Å². The summed E-state index contributed by atoms with van der Waals surface area (Å²) in [6.07, 6.45) is -7.62. The number of alkyl carbamates (subject to hydrolysis) is 1. The van der Waals surface area contributed by atoms with Crippen molar-refractivity contribution in [3.63, 3.8) is 0 Å². The van der Waals surface area contributed by atoms with Crippen molar-refractivity contribution >= 4 is 40.5 Å². The van der Waals surface area contributed by atoms with E-state index in [-0.39, 0.29) is 54.3 Å². The number of nitrogens with two attached hydrogens (primary N) is 1. The lowest BCUT2D eigenvalue weighted by molar-refractivity contribution is -0.233. The number of carbonyl (C=O) groups excluding carboxylic acids is 3. The Hall–Kier alpha value is -6.03. The first-order chi connectivity index (χ1) is 29.0. The number of aromatic nitrogens is 2. The highest BCUT2D eigenvalue weighted by Gasteiger charge is 2.57. The molecular formula is C41H42FN5O14. The van der Waals surface area contributed by atoms with E-state index >= 15 is 4.39 Å². The number of hydrogen-bond acceptors (Lipinski definition) is 15. The van der Waals surface area contributed by atoms with Crippen molar-refractivity contribution in [1.82, 2.24) is 14.9 Å². The number of aliphatic carboxylic acids is 1. The molecule has 8 atom stereocenters. The fourth-order valence-corrected chi connectivity index (χ4v) is 8.92. The fraction of sp³-hybridized carbons (Fsp3) is 0.415. The van der Waals surface area contributed by atoms with E-state index in [4.69, 9.17) is 30.0 Å². The lowest BCUT2D eigenvalue weighted by Gasteiger charge is -2.46. The van der Waals surface area contributed by atoms with Crippen LogP contribution in [0.3, 0.4) is 0 Å². The van der Waals surface area contributed by atoms with Gasteiger partial charge < -0.3 is 65.8 Å². The van der Waals surface area contributed by atoms with Crippen molar-refractivity contribution in [3.8, 4) is 17.1 Å². The maximum atomic E-state index is 15.3. The molecule has 2 amide bonds. The lowest BCUT2D eigenvalue weighted by atomic mass is 9.66. The third-order valence-electron chi connectivity index (χ3n) is 12.3. The number of fused-ring (bicyclic) bond motifs is 5. The predicted octanol–water partition coefficient (Wildman–Crippen LogP) is 0.449. The molecule has 4 aromatic rings. The molecule has 2 aromatic heterocycles. The Kier molecular flexibility index (Phi) is 10.6. The second-order valence-corrected chi connectivity index (χ2v) is 15.6. The lowest BCUT2D eigenvalue weighted by Crippen LogP contribution is -2.65. The molecule has 8 rings (SSSR count). The molecule has 20 heteroatoms. The first-order valence-corrected chi connectivity index (χ1v) is 19.5. The number of hydrogen-bond donors (Lipinski definition) is 9. The van der Waals surface area contributed by atoms with Gasteiger partial charge in [0.1, 0.15) is 36.8 Å². The van der Waals surface area contributed by atoms with E-state index in [0.29, 0.717) is 57.4 Å². The number of carboxylic acid groups (broad SMARTS) is 1. The van der Waals surface area contributed by atoms with E-state index in [9.17, 15) is 49.5 Å². The van der Waals surface area contributed by atoms with E-state index in [1.165, 1.54) is 28.8 Å². The number of rotatable bonds is 11. The van der Waals surface area contributed by atoms with Crippen molar-refractivity contribution in [2.45, 2.75) is 89.1 Å². The van der Waals surface area contributed by atoms with Gasteiger partial charge in [0, 0.05) is 28.5 Å². The molecular weight excluding hydrogens is 805 g/mol. The van der Waals surface area contributed by atoms with Crippen molar-refractivity contribution < 1.29 is 68.4 Å². The Balaban J connectivity index is 1.05. The normalized spacial score (nSPS) is 24.3. The van der Waals surface area contributed by atoms with E-state index in [0.717, 1.165) is 0 Å². The van der Waals surface area contributed by atoms with Gasteiger partial charge in [0.2, 0.25) is 12.2 Å². The molecule has 2 aliphatic heterocycles. The molecule has 10 N–H and O–H groups in total. The minimum atomic E-state index is -2.10. The summed E-state index contributed by atoms with van der Waals surface area (Å²) in [5.74, 6) is -6.74.